The molecule has 0 saturated heterocycles. The topological polar surface area (TPSA) is 38.1 Å². The fourth-order valence-corrected chi connectivity index (χ4v) is 4.23. The van der Waals surface area contributed by atoms with Gasteiger partial charge in [0.1, 0.15) is 5.82 Å². The zero-order valence-corrected chi connectivity index (χ0v) is 18.6. The van der Waals surface area contributed by atoms with Crippen LogP contribution in [0.1, 0.15) is 10.4 Å². The molecule has 0 radical (unpaired) electrons. The summed E-state index contributed by atoms with van der Waals surface area (Å²) in [5.41, 5.74) is 2.81. The van der Waals surface area contributed by atoms with Crippen LogP contribution in [0.2, 0.25) is 5.02 Å². The zero-order valence-electron chi connectivity index (χ0n) is 17.8. The van der Waals surface area contributed by atoms with Crippen LogP contribution in [-0.2, 0) is 0 Å². The van der Waals surface area contributed by atoms with Crippen molar-refractivity contribution in [1.29, 1.82) is 0 Å². The molecule has 0 aliphatic rings. The normalized spacial score (nSPS) is 11.3. The second-order valence-electron chi connectivity index (χ2n) is 7.91. The molecule has 7 heteroatoms. The summed E-state index contributed by atoms with van der Waals surface area (Å²) in [6, 6.07) is 19.9. The van der Waals surface area contributed by atoms with Crippen molar-refractivity contribution in [2.45, 2.75) is 0 Å². The fourth-order valence-electron chi connectivity index (χ4n) is 4.07. The maximum atomic E-state index is 13.9. The highest BCUT2D eigenvalue weighted by Crippen LogP contribution is 2.36. The van der Waals surface area contributed by atoms with E-state index in [2.05, 4.69) is 0 Å². The Kier molecular flexibility index (Phi) is 5.10. The van der Waals surface area contributed by atoms with Crippen molar-refractivity contribution in [3.05, 3.63) is 95.0 Å². The molecule has 0 fully saturated rings. The first-order chi connectivity index (χ1) is 15.8. The standard InChI is InChI=1S/C26H18ClF2N3O/c1-31(2)23-12-9-19(17-5-3-4-6-18(17)23)25-30-22-14-16(27)8-11-24(22)32(25)26(33)15-7-10-20(28)21(29)13-15/h3-14H,1-2H3. The monoisotopic (exact) mass is 461 g/mol. The molecule has 0 atom stereocenters. The van der Waals surface area contributed by atoms with Crippen molar-refractivity contribution in [1.82, 2.24) is 9.55 Å². The molecule has 5 aromatic rings. The molecule has 1 heterocycles. The second-order valence-corrected chi connectivity index (χ2v) is 8.35. The molecule has 0 N–H and O–H groups in total. The molecular weight excluding hydrogens is 444 g/mol. The molecule has 33 heavy (non-hydrogen) atoms. The van der Waals surface area contributed by atoms with Gasteiger partial charge in [0, 0.05) is 41.3 Å². The molecule has 0 aliphatic heterocycles. The number of nitrogens with zero attached hydrogens (tertiary/aromatic N) is 3. The molecule has 4 nitrogen and oxygen atoms in total. The molecule has 0 saturated carbocycles. The Hall–Kier alpha value is -3.77. The van der Waals surface area contributed by atoms with Crippen LogP contribution in [0, 0.1) is 11.6 Å². The molecule has 0 aliphatic carbocycles. The number of carbonyl (C=O) groups excluding carboxylic acids is 1. The summed E-state index contributed by atoms with van der Waals surface area (Å²) in [6.07, 6.45) is 0. The average molecular weight is 462 g/mol. The van der Waals surface area contributed by atoms with Crippen LogP contribution in [-0.4, -0.2) is 29.6 Å². The van der Waals surface area contributed by atoms with E-state index in [1.165, 1.54) is 10.6 Å². The van der Waals surface area contributed by atoms with E-state index in [9.17, 15) is 13.6 Å². The van der Waals surface area contributed by atoms with Crippen LogP contribution in [0.4, 0.5) is 14.5 Å². The van der Waals surface area contributed by atoms with Gasteiger partial charge in [0.15, 0.2) is 11.6 Å². The molecule has 0 spiro atoms. The molecule has 1 aromatic heterocycles. The maximum Gasteiger partial charge on any atom is 0.264 e. The Morgan fingerprint density at radius 3 is 2.39 bits per heavy atom. The van der Waals surface area contributed by atoms with Crippen molar-refractivity contribution in [3.8, 4) is 11.4 Å². The lowest BCUT2D eigenvalue weighted by Gasteiger charge is -2.18. The van der Waals surface area contributed by atoms with E-state index >= 15 is 0 Å². The Morgan fingerprint density at radius 1 is 0.909 bits per heavy atom. The summed E-state index contributed by atoms with van der Waals surface area (Å²) >= 11 is 6.18. The van der Waals surface area contributed by atoms with Gasteiger partial charge in [0.25, 0.3) is 5.91 Å². The van der Waals surface area contributed by atoms with E-state index in [-0.39, 0.29) is 5.56 Å². The average Bonchev–Trinajstić information content (AvgIpc) is 3.17. The SMILES string of the molecule is CN(C)c1ccc(-c2nc3cc(Cl)ccc3n2C(=O)c2ccc(F)c(F)c2)c2ccccc12. The Labute approximate surface area is 193 Å². The van der Waals surface area contributed by atoms with Crippen molar-refractivity contribution in [3.63, 3.8) is 0 Å². The summed E-state index contributed by atoms with van der Waals surface area (Å²) in [5, 5.41) is 2.38. The molecular formula is C26H18ClF2N3O. The first kappa shape index (κ1) is 21.1. The summed E-state index contributed by atoms with van der Waals surface area (Å²) in [5.74, 6) is -2.23. The summed E-state index contributed by atoms with van der Waals surface area (Å²) in [4.78, 5) is 20.3. The number of aromatic nitrogens is 2. The highest BCUT2D eigenvalue weighted by atomic mass is 35.5. The lowest BCUT2D eigenvalue weighted by atomic mass is 10.0. The zero-order chi connectivity index (χ0) is 23.3. The van der Waals surface area contributed by atoms with Crippen LogP contribution in [0.3, 0.4) is 0 Å². The fraction of sp³-hybridized carbons (Fsp3) is 0.0769. The summed E-state index contributed by atoms with van der Waals surface area (Å²) in [7, 11) is 3.93. The Bertz CT molecular complexity index is 1560. The number of hydrogen-bond acceptors (Lipinski definition) is 3. The molecule has 4 aromatic carbocycles. The summed E-state index contributed by atoms with van der Waals surface area (Å²) in [6.45, 7) is 0. The maximum absolute atomic E-state index is 13.9. The highest BCUT2D eigenvalue weighted by molar-refractivity contribution is 6.31. The van der Waals surface area contributed by atoms with E-state index in [4.69, 9.17) is 16.6 Å². The number of hydrogen-bond donors (Lipinski definition) is 0. The summed E-state index contributed by atoms with van der Waals surface area (Å²) < 4.78 is 28.9. The van der Waals surface area contributed by atoms with Gasteiger partial charge in [-0.05, 0) is 53.9 Å². The predicted octanol–water partition coefficient (Wildman–Crippen LogP) is 6.54. The number of anilines is 1. The van der Waals surface area contributed by atoms with Gasteiger partial charge in [-0.2, -0.15) is 0 Å². The van der Waals surface area contributed by atoms with Crippen molar-refractivity contribution >= 4 is 45.0 Å². The third-order valence-corrected chi connectivity index (χ3v) is 5.85. The van der Waals surface area contributed by atoms with Crippen LogP contribution < -0.4 is 4.90 Å². The minimum absolute atomic E-state index is 0.0126. The highest BCUT2D eigenvalue weighted by Gasteiger charge is 2.22. The van der Waals surface area contributed by atoms with Crippen molar-refractivity contribution < 1.29 is 13.6 Å². The van der Waals surface area contributed by atoms with Gasteiger partial charge in [0.05, 0.1) is 11.0 Å². The number of imidazole rings is 1. The van der Waals surface area contributed by atoms with Crippen molar-refractivity contribution in [2.24, 2.45) is 0 Å². The van der Waals surface area contributed by atoms with E-state index in [0.29, 0.717) is 21.9 Å². The molecule has 5 rings (SSSR count). The number of rotatable bonds is 3. The van der Waals surface area contributed by atoms with Gasteiger partial charge in [-0.25, -0.2) is 13.8 Å². The first-order valence-electron chi connectivity index (χ1n) is 10.2. The third kappa shape index (κ3) is 3.52. The van der Waals surface area contributed by atoms with Gasteiger partial charge >= 0.3 is 0 Å². The number of carbonyl (C=O) groups is 1. The van der Waals surface area contributed by atoms with Gasteiger partial charge in [-0.1, -0.05) is 35.9 Å². The molecule has 0 unspecified atom stereocenters. The quantitative estimate of drug-likeness (QED) is 0.306. The third-order valence-electron chi connectivity index (χ3n) is 5.61. The van der Waals surface area contributed by atoms with Gasteiger partial charge in [-0.3, -0.25) is 9.36 Å². The lowest BCUT2D eigenvalue weighted by Crippen LogP contribution is -2.14. The van der Waals surface area contributed by atoms with Gasteiger partial charge < -0.3 is 4.90 Å². The number of fused-ring (bicyclic) bond motifs is 2. The van der Waals surface area contributed by atoms with Crippen LogP contribution >= 0.6 is 11.6 Å². The van der Waals surface area contributed by atoms with Crippen LogP contribution in [0.15, 0.2) is 72.8 Å². The second kappa shape index (κ2) is 7.98. The van der Waals surface area contributed by atoms with Gasteiger partial charge in [0.2, 0.25) is 0 Å². The van der Waals surface area contributed by atoms with E-state index in [1.807, 2.05) is 55.4 Å². The van der Waals surface area contributed by atoms with E-state index in [0.717, 1.165) is 34.2 Å². The molecule has 0 bridgehead atoms. The number of benzene rings is 4. The van der Waals surface area contributed by atoms with Crippen LogP contribution in [0.25, 0.3) is 33.2 Å². The minimum atomic E-state index is -1.09. The largest absolute Gasteiger partial charge is 0.377 e. The Morgan fingerprint density at radius 2 is 1.67 bits per heavy atom. The van der Waals surface area contributed by atoms with E-state index < -0.39 is 17.5 Å². The Balaban J connectivity index is 1.82. The van der Waals surface area contributed by atoms with Crippen molar-refractivity contribution in [2.75, 3.05) is 19.0 Å². The van der Waals surface area contributed by atoms with E-state index in [1.54, 1.807) is 18.2 Å². The predicted molar refractivity (Wildman–Crippen MR) is 128 cm³/mol. The first-order valence-corrected chi connectivity index (χ1v) is 10.6. The lowest BCUT2D eigenvalue weighted by molar-refractivity contribution is 0.0965. The smallest absolute Gasteiger partial charge is 0.264 e. The van der Waals surface area contributed by atoms with Crippen LogP contribution in [0.5, 0.6) is 0 Å². The number of halogens is 3. The molecule has 164 valence electrons. The minimum Gasteiger partial charge on any atom is -0.377 e. The molecule has 0 amide bonds. The van der Waals surface area contributed by atoms with Gasteiger partial charge in [-0.15, -0.1) is 0 Å².